The van der Waals surface area contributed by atoms with Crippen LogP contribution < -0.4 is 10.2 Å². The molecule has 0 unspecified atom stereocenters. The van der Waals surface area contributed by atoms with E-state index < -0.39 is 0 Å². The van der Waals surface area contributed by atoms with Crippen LogP contribution in [0.5, 0.6) is 0 Å². The normalized spacial score (nSPS) is 15.8. The van der Waals surface area contributed by atoms with Crippen molar-refractivity contribution < 1.29 is 4.63 Å². The van der Waals surface area contributed by atoms with Crippen LogP contribution in [-0.2, 0) is 13.1 Å². The minimum Gasteiger partial charge on any atom is -0.356 e. The molecule has 0 bridgehead atoms. The van der Waals surface area contributed by atoms with E-state index in [-0.39, 0.29) is 0 Å². The van der Waals surface area contributed by atoms with E-state index in [2.05, 4.69) is 37.6 Å². The van der Waals surface area contributed by atoms with Crippen molar-refractivity contribution in [2.24, 2.45) is 0 Å². The zero-order valence-corrected chi connectivity index (χ0v) is 15.0. The second kappa shape index (κ2) is 8.27. The molecule has 6 nitrogen and oxygen atoms in total. The van der Waals surface area contributed by atoms with Crippen molar-refractivity contribution in [2.75, 3.05) is 18.0 Å². The Morgan fingerprint density at radius 1 is 0.923 bits per heavy atom. The molecule has 3 aromatic rings. The first-order valence-corrected chi connectivity index (χ1v) is 9.51. The van der Waals surface area contributed by atoms with Crippen molar-refractivity contribution in [1.82, 2.24) is 20.6 Å². The van der Waals surface area contributed by atoms with Gasteiger partial charge in [0.05, 0.1) is 0 Å². The first kappa shape index (κ1) is 17.0. The zero-order valence-electron chi connectivity index (χ0n) is 15.0. The molecular formula is C20H25N5O. The number of benzene rings is 1. The summed E-state index contributed by atoms with van der Waals surface area (Å²) in [5.41, 5.74) is 4.02. The summed E-state index contributed by atoms with van der Waals surface area (Å²) in [4.78, 5) is 7.15. The molecule has 1 N–H and O–H groups in total. The Kier molecular flexibility index (Phi) is 5.40. The van der Waals surface area contributed by atoms with Crippen LogP contribution in [0.15, 0.2) is 41.2 Å². The van der Waals surface area contributed by atoms with Crippen molar-refractivity contribution in [3.8, 4) is 0 Å². The van der Waals surface area contributed by atoms with E-state index in [0.29, 0.717) is 0 Å². The molecule has 0 atom stereocenters. The van der Waals surface area contributed by atoms with Gasteiger partial charge in [0.15, 0.2) is 0 Å². The van der Waals surface area contributed by atoms with Gasteiger partial charge in [0, 0.05) is 37.9 Å². The van der Waals surface area contributed by atoms with Crippen molar-refractivity contribution in [1.29, 1.82) is 0 Å². The molecule has 26 heavy (non-hydrogen) atoms. The number of hydrogen-bond donors (Lipinski definition) is 1. The van der Waals surface area contributed by atoms with Crippen LogP contribution in [0, 0.1) is 0 Å². The number of hydrogen-bond acceptors (Lipinski definition) is 6. The molecule has 6 heteroatoms. The zero-order chi connectivity index (χ0) is 17.6. The number of rotatable bonds is 5. The highest BCUT2D eigenvalue weighted by molar-refractivity contribution is 5.73. The highest BCUT2D eigenvalue weighted by atomic mass is 16.6. The van der Waals surface area contributed by atoms with Crippen LogP contribution in [0.4, 0.5) is 5.82 Å². The molecular weight excluding hydrogens is 326 g/mol. The molecule has 0 radical (unpaired) electrons. The topological polar surface area (TPSA) is 67.1 Å². The molecule has 1 saturated heterocycles. The number of nitrogens with one attached hydrogen (secondary N) is 1. The van der Waals surface area contributed by atoms with Crippen LogP contribution in [0.1, 0.15) is 43.2 Å². The van der Waals surface area contributed by atoms with Gasteiger partial charge in [-0.15, -0.1) is 0 Å². The first-order valence-electron chi connectivity index (χ1n) is 9.51. The van der Waals surface area contributed by atoms with Crippen LogP contribution in [-0.4, -0.2) is 28.4 Å². The molecule has 0 spiro atoms. The van der Waals surface area contributed by atoms with Crippen molar-refractivity contribution in [3.63, 3.8) is 0 Å². The third kappa shape index (κ3) is 4.02. The molecule has 1 aromatic carbocycles. The Bertz CT molecular complexity index is 839. The number of anilines is 1. The lowest BCUT2D eigenvalue weighted by Crippen LogP contribution is -2.29. The lowest BCUT2D eigenvalue weighted by molar-refractivity contribution is 0.315. The van der Waals surface area contributed by atoms with Gasteiger partial charge in [-0.3, -0.25) is 0 Å². The maximum Gasteiger partial charge on any atom is 0.135 e. The van der Waals surface area contributed by atoms with Gasteiger partial charge in [-0.2, -0.15) is 0 Å². The Morgan fingerprint density at radius 3 is 2.62 bits per heavy atom. The Hall–Kier alpha value is -2.47. The third-order valence-electron chi connectivity index (χ3n) is 4.99. The largest absolute Gasteiger partial charge is 0.356 e. The highest BCUT2D eigenvalue weighted by Crippen LogP contribution is 2.21. The summed E-state index contributed by atoms with van der Waals surface area (Å²) >= 11 is 0. The molecule has 0 saturated carbocycles. The average molecular weight is 351 g/mol. The van der Waals surface area contributed by atoms with E-state index in [1.165, 1.54) is 43.2 Å². The Morgan fingerprint density at radius 2 is 1.73 bits per heavy atom. The molecule has 1 aliphatic heterocycles. The predicted molar refractivity (Wildman–Crippen MR) is 102 cm³/mol. The Balaban J connectivity index is 1.41. The summed E-state index contributed by atoms with van der Waals surface area (Å²) in [5.74, 6) is 1.14. The van der Waals surface area contributed by atoms with Gasteiger partial charge in [0.2, 0.25) is 0 Å². The van der Waals surface area contributed by atoms with Crippen molar-refractivity contribution in [2.45, 2.75) is 45.2 Å². The van der Waals surface area contributed by atoms with E-state index in [0.717, 1.165) is 43.0 Å². The SMILES string of the molecule is c1cnc(N2CCCCCCC2)c(CNCc2ccc3nonc3c2)c1. The quantitative estimate of drug-likeness (QED) is 0.756. The van der Waals surface area contributed by atoms with Crippen LogP contribution >= 0.6 is 0 Å². The van der Waals surface area contributed by atoms with Crippen LogP contribution in [0.3, 0.4) is 0 Å². The van der Waals surface area contributed by atoms with E-state index in [4.69, 9.17) is 4.63 Å². The second-order valence-electron chi connectivity index (χ2n) is 6.93. The van der Waals surface area contributed by atoms with Gasteiger partial charge in [-0.1, -0.05) is 31.4 Å². The lowest BCUT2D eigenvalue weighted by atomic mass is 10.1. The summed E-state index contributed by atoms with van der Waals surface area (Å²) in [6.07, 6.45) is 8.45. The molecule has 2 aromatic heterocycles. The van der Waals surface area contributed by atoms with Crippen LogP contribution in [0.25, 0.3) is 11.0 Å². The molecule has 3 heterocycles. The van der Waals surface area contributed by atoms with E-state index >= 15 is 0 Å². The summed E-state index contributed by atoms with van der Waals surface area (Å²) in [5, 5.41) is 11.3. The van der Waals surface area contributed by atoms with E-state index in [1.807, 2.05) is 24.4 Å². The molecule has 1 aliphatic rings. The standard InChI is InChI=1S/C20H25N5O/c1-2-4-11-25(12-5-3-1)20-17(7-6-10-22-20)15-21-14-16-8-9-18-19(13-16)24-26-23-18/h6-10,13,21H,1-5,11-12,14-15H2. The lowest BCUT2D eigenvalue weighted by Gasteiger charge is -2.27. The van der Waals surface area contributed by atoms with E-state index in [9.17, 15) is 0 Å². The van der Waals surface area contributed by atoms with Crippen molar-refractivity contribution >= 4 is 16.9 Å². The average Bonchev–Trinajstić information content (AvgIpc) is 3.10. The fraction of sp³-hybridized carbons (Fsp3) is 0.450. The number of aromatic nitrogens is 3. The molecule has 1 fully saturated rings. The predicted octanol–water partition coefficient (Wildman–Crippen LogP) is 3.68. The van der Waals surface area contributed by atoms with Crippen LogP contribution in [0.2, 0.25) is 0 Å². The van der Waals surface area contributed by atoms with E-state index in [1.54, 1.807) is 0 Å². The molecule has 136 valence electrons. The molecule has 0 amide bonds. The van der Waals surface area contributed by atoms with Gasteiger partial charge in [0.25, 0.3) is 0 Å². The minimum atomic E-state index is 0.775. The highest BCUT2D eigenvalue weighted by Gasteiger charge is 2.13. The fourth-order valence-electron chi connectivity index (χ4n) is 3.59. The molecule has 4 rings (SSSR count). The van der Waals surface area contributed by atoms with Gasteiger partial charge >= 0.3 is 0 Å². The van der Waals surface area contributed by atoms with Gasteiger partial charge in [-0.25, -0.2) is 9.61 Å². The summed E-state index contributed by atoms with van der Waals surface area (Å²) in [6, 6.07) is 10.2. The smallest absolute Gasteiger partial charge is 0.135 e. The number of nitrogens with zero attached hydrogens (tertiary/aromatic N) is 4. The summed E-state index contributed by atoms with van der Waals surface area (Å²) < 4.78 is 4.76. The fourth-order valence-corrected chi connectivity index (χ4v) is 3.59. The first-order chi connectivity index (χ1) is 12.9. The van der Waals surface area contributed by atoms with Gasteiger partial charge in [0.1, 0.15) is 16.9 Å². The maximum absolute atomic E-state index is 4.76. The number of pyridine rings is 1. The van der Waals surface area contributed by atoms with Gasteiger partial charge in [-0.05, 0) is 46.9 Å². The van der Waals surface area contributed by atoms with Crippen molar-refractivity contribution in [3.05, 3.63) is 47.7 Å². The maximum atomic E-state index is 4.76. The number of fused-ring (bicyclic) bond motifs is 1. The minimum absolute atomic E-state index is 0.775. The third-order valence-corrected chi connectivity index (χ3v) is 4.99. The summed E-state index contributed by atoms with van der Waals surface area (Å²) in [6.45, 7) is 3.80. The molecule has 0 aliphatic carbocycles. The monoisotopic (exact) mass is 351 g/mol. The summed E-state index contributed by atoms with van der Waals surface area (Å²) in [7, 11) is 0. The Labute approximate surface area is 153 Å². The van der Waals surface area contributed by atoms with Gasteiger partial charge < -0.3 is 10.2 Å². The second-order valence-corrected chi connectivity index (χ2v) is 6.93.